The van der Waals surface area contributed by atoms with Crippen molar-refractivity contribution in [2.75, 3.05) is 13.1 Å². The van der Waals surface area contributed by atoms with Crippen molar-refractivity contribution < 1.29 is 13.2 Å². The number of rotatable bonds is 7. The van der Waals surface area contributed by atoms with Crippen LogP contribution in [0.4, 0.5) is 0 Å². The molecular weight excluding hydrogens is 432 g/mol. The van der Waals surface area contributed by atoms with Crippen LogP contribution >= 0.6 is 11.3 Å². The number of amides is 1. The highest BCUT2D eigenvalue weighted by Gasteiger charge is 2.28. The second-order valence-electron chi connectivity index (χ2n) is 8.26. The van der Waals surface area contributed by atoms with E-state index in [1.165, 1.54) is 24.2 Å². The lowest BCUT2D eigenvalue weighted by Gasteiger charge is -2.17. The van der Waals surface area contributed by atoms with Gasteiger partial charge >= 0.3 is 0 Å². The third-order valence-electron chi connectivity index (χ3n) is 6.22. The summed E-state index contributed by atoms with van der Waals surface area (Å²) in [6.45, 7) is 8.84. The molecule has 0 aromatic carbocycles. The third kappa shape index (κ3) is 5.04. The average Bonchev–Trinajstić information content (AvgIpc) is 3.12. The van der Waals surface area contributed by atoms with Crippen LogP contribution in [0.1, 0.15) is 73.4 Å². The molecule has 1 aliphatic rings. The SMILES string of the molecule is CCN(CC)C(=O)c1sc(-c2cc(S(=O)(=O)NC3CCCCCC3)c(C)n2C)nc1C. The highest BCUT2D eigenvalue weighted by atomic mass is 32.2. The molecule has 2 aromatic heterocycles. The number of hydrogen-bond donors (Lipinski definition) is 1. The number of carbonyl (C=O) groups is 1. The van der Waals surface area contributed by atoms with Gasteiger partial charge in [-0.25, -0.2) is 18.1 Å². The summed E-state index contributed by atoms with van der Waals surface area (Å²) >= 11 is 1.33. The summed E-state index contributed by atoms with van der Waals surface area (Å²) in [4.78, 5) is 20.1. The van der Waals surface area contributed by atoms with E-state index in [1.54, 1.807) is 11.0 Å². The Morgan fingerprint density at radius 3 is 2.39 bits per heavy atom. The van der Waals surface area contributed by atoms with E-state index in [-0.39, 0.29) is 11.9 Å². The summed E-state index contributed by atoms with van der Waals surface area (Å²) in [7, 11) is -1.78. The Bertz CT molecular complexity index is 1030. The number of nitrogens with one attached hydrogen (secondary N) is 1. The smallest absolute Gasteiger partial charge is 0.265 e. The highest BCUT2D eigenvalue weighted by molar-refractivity contribution is 7.89. The second-order valence-corrected chi connectivity index (χ2v) is 10.9. The maximum Gasteiger partial charge on any atom is 0.265 e. The maximum atomic E-state index is 13.2. The van der Waals surface area contributed by atoms with Crippen molar-refractivity contribution in [1.82, 2.24) is 19.2 Å². The van der Waals surface area contributed by atoms with Crippen molar-refractivity contribution >= 4 is 27.3 Å². The molecule has 1 aliphatic carbocycles. The monoisotopic (exact) mass is 466 g/mol. The molecular formula is C22H34N4O3S2. The summed E-state index contributed by atoms with van der Waals surface area (Å²) in [5.74, 6) is -0.0277. The Hall–Kier alpha value is -1.71. The van der Waals surface area contributed by atoms with Crippen molar-refractivity contribution in [3.05, 3.63) is 22.3 Å². The number of sulfonamides is 1. The van der Waals surface area contributed by atoms with Gasteiger partial charge < -0.3 is 9.47 Å². The molecule has 0 atom stereocenters. The summed E-state index contributed by atoms with van der Waals surface area (Å²) in [6, 6.07) is 1.69. The molecule has 0 spiro atoms. The zero-order valence-corrected chi connectivity index (χ0v) is 20.8. The minimum absolute atomic E-state index is 0.00374. The van der Waals surface area contributed by atoms with Crippen molar-refractivity contribution in [1.29, 1.82) is 0 Å². The van der Waals surface area contributed by atoms with Crippen LogP contribution in [0.15, 0.2) is 11.0 Å². The van der Waals surface area contributed by atoms with Crippen LogP contribution < -0.4 is 4.72 Å². The zero-order chi connectivity index (χ0) is 22.8. The van der Waals surface area contributed by atoms with Crippen molar-refractivity contribution in [2.24, 2.45) is 7.05 Å². The Morgan fingerprint density at radius 2 is 1.81 bits per heavy atom. The van der Waals surface area contributed by atoms with Gasteiger partial charge in [-0.2, -0.15) is 0 Å². The second kappa shape index (κ2) is 9.83. The molecule has 0 unspecified atom stereocenters. The summed E-state index contributed by atoms with van der Waals surface area (Å²) < 4.78 is 31.1. The van der Waals surface area contributed by atoms with E-state index in [0.717, 1.165) is 25.7 Å². The fourth-order valence-electron chi connectivity index (χ4n) is 4.19. The molecule has 0 aliphatic heterocycles. The van der Waals surface area contributed by atoms with Crippen LogP contribution in [-0.2, 0) is 17.1 Å². The van der Waals surface area contributed by atoms with Crippen LogP contribution in [-0.4, -0.2) is 47.9 Å². The molecule has 0 saturated heterocycles. The molecule has 7 nitrogen and oxygen atoms in total. The van der Waals surface area contributed by atoms with Crippen LogP contribution in [0.25, 0.3) is 10.7 Å². The van der Waals surface area contributed by atoms with Crippen molar-refractivity contribution in [3.63, 3.8) is 0 Å². The largest absolute Gasteiger partial charge is 0.345 e. The summed E-state index contributed by atoms with van der Waals surface area (Å²) in [5, 5.41) is 0.662. The Morgan fingerprint density at radius 1 is 1.19 bits per heavy atom. The van der Waals surface area contributed by atoms with Crippen LogP contribution in [0, 0.1) is 13.8 Å². The van der Waals surface area contributed by atoms with E-state index in [1.807, 2.05) is 39.3 Å². The molecule has 1 N–H and O–H groups in total. The number of hydrogen-bond acceptors (Lipinski definition) is 5. The van der Waals surface area contributed by atoms with Crippen molar-refractivity contribution in [2.45, 2.75) is 77.2 Å². The van der Waals surface area contributed by atoms with Gasteiger partial charge in [-0.15, -0.1) is 11.3 Å². The number of thiazole rings is 1. The van der Waals surface area contributed by atoms with Gasteiger partial charge in [0.25, 0.3) is 5.91 Å². The molecule has 172 valence electrons. The first kappa shape index (κ1) is 23.9. The normalized spacial score (nSPS) is 15.8. The standard InChI is InChI=1S/C22H34N4O3S2/c1-6-26(7-2)22(27)20-15(3)23-21(30-20)18-14-19(16(4)25(18)5)31(28,29)24-17-12-10-8-9-11-13-17/h14,17,24H,6-13H2,1-5H3. The first-order valence-electron chi connectivity index (χ1n) is 11.1. The molecule has 9 heteroatoms. The number of nitrogens with zero attached hydrogens (tertiary/aromatic N) is 3. The molecule has 2 heterocycles. The zero-order valence-electron chi connectivity index (χ0n) is 19.2. The van der Waals surface area contributed by atoms with E-state index in [0.29, 0.717) is 45.0 Å². The van der Waals surface area contributed by atoms with Gasteiger partial charge in [0.1, 0.15) is 14.8 Å². The number of carbonyl (C=O) groups excluding carboxylic acids is 1. The molecule has 2 aromatic rings. The third-order valence-corrected chi connectivity index (χ3v) is 9.02. The van der Waals surface area contributed by atoms with Gasteiger partial charge in [0.15, 0.2) is 0 Å². The lowest BCUT2D eigenvalue weighted by molar-refractivity contribution is 0.0777. The molecule has 1 fully saturated rings. The van der Waals surface area contributed by atoms with E-state index in [4.69, 9.17) is 0 Å². The van der Waals surface area contributed by atoms with Gasteiger partial charge in [0, 0.05) is 31.9 Å². The lowest BCUT2D eigenvalue weighted by atomic mass is 10.1. The highest BCUT2D eigenvalue weighted by Crippen LogP contribution is 2.33. The maximum absolute atomic E-state index is 13.2. The Balaban J connectivity index is 1.92. The summed E-state index contributed by atoms with van der Waals surface area (Å²) in [6.07, 6.45) is 6.25. The first-order valence-corrected chi connectivity index (χ1v) is 13.4. The Labute approximate surface area is 189 Å². The van der Waals surface area contributed by atoms with E-state index >= 15 is 0 Å². The number of aryl methyl sites for hydroxylation is 1. The van der Waals surface area contributed by atoms with Gasteiger partial charge in [0.05, 0.1) is 11.4 Å². The molecule has 0 bridgehead atoms. The van der Waals surface area contributed by atoms with Gasteiger partial charge in [-0.1, -0.05) is 25.7 Å². The lowest BCUT2D eigenvalue weighted by Crippen LogP contribution is -2.34. The van der Waals surface area contributed by atoms with Crippen LogP contribution in [0.5, 0.6) is 0 Å². The van der Waals surface area contributed by atoms with Crippen molar-refractivity contribution in [3.8, 4) is 10.7 Å². The fourth-order valence-corrected chi connectivity index (χ4v) is 6.87. The first-order chi connectivity index (χ1) is 14.7. The van der Waals surface area contributed by atoms with Gasteiger partial charge in [-0.3, -0.25) is 4.79 Å². The van der Waals surface area contributed by atoms with Gasteiger partial charge in [-0.05, 0) is 46.6 Å². The van der Waals surface area contributed by atoms with Crippen LogP contribution in [0.3, 0.4) is 0 Å². The molecule has 3 rings (SSSR count). The van der Waals surface area contributed by atoms with E-state index in [2.05, 4.69) is 9.71 Å². The Kier molecular flexibility index (Phi) is 7.59. The molecule has 31 heavy (non-hydrogen) atoms. The molecule has 1 saturated carbocycles. The van der Waals surface area contributed by atoms with Crippen LogP contribution in [0.2, 0.25) is 0 Å². The predicted octanol–water partition coefficient (Wildman–Crippen LogP) is 4.25. The molecule has 1 amide bonds. The minimum Gasteiger partial charge on any atom is -0.345 e. The summed E-state index contributed by atoms with van der Waals surface area (Å²) in [5.41, 5.74) is 2.06. The van der Waals surface area contributed by atoms with Gasteiger partial charge in [0.2, 0.25) is 10.0 Å². The topological polar surface area (TPSA) is 84.3 Å². The molecule has 0 radical (unpaired) electrons. The number of aromatic nitrogens is 2. The predicted molar refractivity (Wildman–Crippen MR) is 125 cm³/mol. The fraction of sp³-hybridized carbons (Fsp3) is 0.636. The average molecular weight is 467 g/mol. The van der Waals surface area contributed by atoms with E-state index < -0.39 is 10.0 Å². The minimum atomic E-state index is -3.63. The van der Waals surface area contributed by atoms with E-state index in [9.17, 15) is 13.2 Å². The quantitative estimate of drug-likeness (QED) is 0.618.